The first-order valence-corrected chi connectivity index (χ1v) is 12.9. The van der Waals surface area contributed by atoms with E-state index in [1.807, 2.05) is 45.5 Å². The largest absolute Gasteiger partial charge is 0.467 e. The maximum Gasteiger partial charge on any atom is 0.285 e. The Balaban J connectivity index is 1.37. The number of fused-ring (bicyclic) bond motifs is 1. The third kappa shape index (κ3) is 4.10. The number of amides is 1. The fourth-order valence-electron chi connectivity index (χ4n) is 4.34. The summed E-state index contributed by atoms with van der Waals surface area (Å²) in [5.74, 6) is 1.00. The zero-order chi connectivity index (χ0) is 22.1. The Labute approximate surface area is 191 Å². The standard InChI is InChI=1S/C23H23N3O4S2/c27-23(26(15-18-7-4-12-30-18)16-19-8-5-13-31-19)17-6-3-11-25(14-17)22-20-9-1-2-10-21(20)32(28,29)24-22/h1-2,4-5,7-10,12-13,17H,3,6,11,14-16H2. The first-order valence-electron chi connectivity index (χ1n) is 10.5. The van der Waals surface area contributed by atoms with E-state index in [2.05, 4.69) is 4.40 Å². The predicted molar refractivity (Wildman–Crippen MR) is 122 cm³/mol. The molecule has 4 heterocycles. The molecule has 1 fully saturated rings. The summed E-state index contributed by atoms with van der Waals surface area (Å²) in [5.41, 5.74) is 0.617. The van der Waals surface area contributed by atoms with Crippen LogP contribution in [0, 0.1) is 5.92 Å². The van der Waals surface area contributed by atoms with Crippen LogP contribution in [0.25, 0.3) is 0 Å². The van der Waals surface area contributed by atoms with E-state index >= 15 is 0 Å². The van der Waals surface area contributed by atoms with Gasteiger partial charge in [0.1, 0.15) is 10.7 Å². The van der Waals surface area contributed by atoms with E-state index in [-0.39, 0.29) is 16.7 Å². The van der Waals surface area contributed by atoms with Crippen LogP contribution in [0.3, 0.4) is 0 Å². The highest BCUT2D eigenvalue weighted by Crippen LogP contribution is 2.30. The summed E-state index contributed by atoms with van der Waals surface area (Å²) in [7, 11) is -3.69. The number of hydrogen-bond acceptors (Lipinski definition) is 6. The van der Waals surface area contributed by atoms with E-state index in [1.54, 1.807) is 35.8 Å². The van der Waals surface area contributed by atoms with Crippen LogP contribution in [0.1, 0.15) is 29.0 Å². The number of rotatable bonds is 5. The van der Waals surface area contributed by atoms with Gasteiger partial charge in [-0.15, -0.1) is 15.7 Å². The van der Waals surface area contributed by atoms with Crippen molar-refractivity contribution in [2.75, 3.05) is 13.1 Å². The molecule has 7 nitrogen and oxygen atoms in total. The molecular weight excluding hydrogens is 446 g/mol. The van der Waals surface area contributed by atoms with Gasteiger partial charge in [-0.05, 0) is 48.6 Å². The molecule has 166 valence electrons. The first-order chi connectivity index (χ1) is 15.5. The minimum absolute atomic E-state index is 0.0502. The fraction of sp³-hybridized carbons (Fsp3) is 0.304. The molecular formula is C23H23N3O4S2. The summed E-state index contributed by atoms with van der Waals surface area (Å²) in [5, 5.41) is 2.00. The van der Waals surface area contributed by atoms with Crippen LogP contribution in [0.15, 0.2) is 73.9 Å². The number of thiophene rings is 1. The zero-order valence-electron chi connectivity index (χ0n) is 17.4. The van der Waals surface area contributed by atoms with Gasteiger partial charge in [0.2, 0.25) is 5.91 Å². The van der Waals surface area contributed by atoms with Gasteiger partial charge in [0.05, 0.1) is 25.3 Å². The number of furan rings is 1. The number of benzene rings is 1. The Morgan fingerprint density at radius 2 is 2.03 bits per heavy atom. The maximum atomic E-state index is 13.6. The smallest absolute Gasteiger partial charge is 0.285 e. The second-order valence-electron chi connectivity index (χ2n) is 8.02. The quantitative estimate of drug-likeness (QED) is 0.569. The minimum Gasteiger partial charge on any atom is -0.467 e. The normalized spacial score (nSPS) is 19.4. The highest BCUT2D eigenvalue weighted by Gasteiger charge is 2.36. The minimum atomic E-state index is -3.69. The molecule has 1 amide bonds. The molecule has 0 bridgehead atoms. The van der Waals surface area contributed by atoms with Gasteiger partial charge < -0.3 is 14.2 Å². The Bertz CT molecular complexity index is 1200. The van der Waals surface area contributed by atoms with Crippen LogP contribution >= 0.6 is 11.3 Å². The Morgan fingerprint density at radius 1 is 1.16 bits per heavy atom. The van der Waals surface area contributed by atoms with Gasteiger partial charge >= 0.3 is 0 Å². The van der Waals surface area contributed by atoms with Gasteiger partial charge in [-0.1, -0.05) is 18.2 Å². The molecule has 9 heteroatoms. The zero-order valence-corrected chi connectivity index (χ0v) is 19.0. The summed E-state index contributed by atoms with van der Waals surface area (Å²) in [6.45, 7) is 2.04. The molecule has 0 radical (unpaired) electrons. The number of carbonyl (C=O) groups excluding carboxylic acids is 1. The number of amidine groups is 1. The SMILES string of the molecule is O=C(C1CCCN(C2=NS(=O)(=O)c3ccccc32)C1)N(Cc1ccco1)Cc1cccs1. The van der Waals surface area contributed by atoms with Gasteiger partial charge in [0, 0.05) is 23.5 Å². The molecule has 0 spiro atoms. The molecule has 3 aromatic rings. The van der Waals surface area contributed by atoms with Crippen molar-refractivity contribution in [3.05, 3.63) is 76.4 Å². The van der Waals surface area contributed by atoms with Crippen molar-refractivity contribution in [3.8, 4) is 0 Å². The van der Waals surface area contributed by atoms with Crippen molar-refractivity contribution in [3.63, 3.8) is 0 Å². The molecule has 1 unspecified atom stereocenters. The predicted octanol–water partition coefficient (Wildman–Crippen LogP) is 3.73. The monoisotopic (exact) mass is 469 g/mol. The molecule has 0 aliphatic carbocycles. The van der Waals surface area contributed by atoms with Crippen molar-refractivity contribution in [2.24, 2.45) is 10.3 Å². The topological polar surface area (TPSA) is 83.2 Å². The molecule has 0 N–H and O–H groups in total. The fourth-order valence-corrected chi connectivity index (χ4v) is 6.29. The second-order valence-corrected chi connectivity index (χ2v) is 10.6. The molecule has 2 aromatic heterocycles. The van der Waals surface area contributed by atoms with E-state index in [4.69, 9.17) is 4.42 Å². The molecule has 1 atom stereocenters. The summed E-state index contributed by atoms with van der Waals surface area (Å²) in [4.78, 5) is 18.7. The molecule has 1 aromatic carbocycles. The van der Waals surface area contributed by atoms with Gasteiger partial charge in [-0.2, -0.15) is 8.42 Å². The van der Waals surface area contributed by atoms with E-state index in [1.165, 1.54) is 0 Å². The summed E-state index contributed by atoms with van der Waals surface area (Å²) in [6, 6.07) is 14.6. The average molecular weight is 470 g/mol. The lowest BCUT2D eigenvalue weighted by molar-refractivity contribution is -0.138. The summed E-state index contributed by atoms with van der Waals surface area (Å²) < 4.78 is 34.5. The van der Waals surface area contributed by atoms with Crippen molar-refractivity contribution >= 4 is 33.1 Å². The van der Waals surface area contributed by atoms with Crippen molar-refractivity contribution in [2.45, 2.75) is 30.8 Å². The highest BCUT2D eigenvalue weighted by atomic mass is 32.2. The van der Waals surface area contributed by atoms with Crippen molar-refractivity contribution in [1.82, 2.24) is 9.80 Å². The Hall–Kier alpha value is -2.91. The highest BCUT2D eigenvalue weighted by molar-refractivity contribution is 7.90. The molecule has 2 aliphatic heterocycles. The van der Waals surface area contributed by atoms with Crippen LogP contribution in [-0.4, -0.2) is 43.0 Å². The van der Waals surface area contributed by atoms with E-state index in [9.17, 15) is 13.2 Å². The maximum absolute atomic E-state index is 13.6. The lowest BCUT2D eigenvalue weighted by atomic mass is 9.95. The molecule has 1 saturated heterocycles. The second kappa shape index (κ2) is 8.55. The molecule has 5 rings (SSSR count). The first kappa shape index (κ1) is 21.0. The van der Waals surface area contributed by atoms with Crippen LogP contribution in [-0.2, 0) is 27.9 Å². The van der Waals surface area contributed by atoms with Crippen molar-refractivity contribution in [1.29, 1.82) is 0 Å². The number of nitrogens with zero attached hydrogens (tertiary/aromatic N) is 3. The number of carbonyl (C=O) groups is 1. The number of piperidine rings is 1. The summed E-state index contributed by atoms with van der Waals surface area (Å²) in [6.07, 6.45) is 3.17. The van der Waals surface area contributed by atoms with E-state index < -0.39 is 10.0 Å². The number of hydrogen-bond donors (Lipinski definition) is 0. The summed E-state index contributed by atoms with van der Waals surface area (Å²) >= 11 is 1.62. The van der Waals surface area contributed by atoms with Crippen LogP contribution in [0.4, 0.5) is 0 Å². The molecule has 0 saturated carbocycles. The van der Waals surface area contributed by atoms with Gasteiger partial charge in [-0.3, -0.25) is 4.79 Å². The van der Waals surface area contributed by atoms with Crippen LogP contribution < -0.4 is 0 Å². The third-order valence-electron chi connectivity index (χ3n) is 5.85. The lowest BCUT2D eigenvalue weighted by Gasteiger charge is -2.35. The van der Waals surface area contributed by atoms with Crippen LogP contribution in [0.2, 0.25) is 0 Å². The number of likely N-dealkylation sites (tertiary alicyclic amines) is 1. The Morgan fingerprint density at radius 3 is 2.81 bits per heavy atom. The average Bonchev–Trinajstić information content (AvgIpc) is 3.55. The molecule has 2 aliphatic rings. The lowest BCUT2D eigenvalue weighted by Crippen LogP contribution is -2.46. The number of sulfonamides is 1. The van der Waals surface area contributed by atoms with Gasteiger partial charge in [-0.25, -0.2) is 0 Å². The van der Waals surface area contributed by atoms with Gasteiger partial charge in [0.25, 0.3) is 10.0 Å². The van der Waals surface area contributed by atoms with E-state index in [0.29, 0.717) is 37.6 Å². The Kier molecular flexibility index (Phi) is 5.60. The van der Waals surface area contributed by atoms with Crippen molar-refractivity contribution < 1.29 is 17.6 Å². The van der Waals surface area contributed by atoms with Gasteiger partial charge in [0.15, 0.2) is 5.84 Å². The third-order valence-corrected chi connectivity index (χ3v) is 8.03. The van der Waals surface area contributed by atoms with E-state index in [0.717, 1.165) is 23.5 Å². The molecule has 32 heavy (non-hydrogen) atoms. The van der Waals surface area contributed by atoms with Crippen LogP contribution in [0.5, 0.6) is 0 Å².